The minimum Gasteiger partial charge on any atom is -0.481 e. The van der Waals surface area contributed by atoms with Crippen molar-refractivity contribution in [2.75, 3.05) is 20.3 Å². The van der Waals surface area contributed by atoms with Gasteiger partial charge in [0, 0.05) is 4.88 Å². The third-order valence-electron chi connectivity index (χ3n) is 2.86. The number of carboxylic acid groups (broad SMARTS) is 1. The van der Waals surface area contributed by atoms with E-state index in [0.29, 0.717) is 0 Å². The van der Waals surface area contributed by atoms with Gasteiger partial charge in [0.25, 0.3) is 0 Å². The lowest BCUT2D eigenvalue weighted by molar-refractivity contribution is -0.186. The second-order valence-electron chi connectivity index (χ2n) is 3.82. The fourth-order valence-electron chi connectivity index (χ4n) is 1.91. The Morgan fingerprint density at radius 3 is 2.69 bits per heavy atom. The van der Waals surface area contributed by atoms with Crippen LogP contribution >= 0.6 is 27.3 Å². The molecule has 1 aromatic heterocycles. The molecule has 0 bridgehead atoms. The number of carbonyl (C=O) groups is 1. The first kappa shape index (κ1) is 12.0. The van der Waals surface area contributed by atoms with Crippen LogP contribution in [0, 0.1) is 5.41 Å². The zero-order valence-corrected chi connectivity index (χ0v) is 11.1. The van der Waals surface area contributed by atoms with Crippen LogP contribution in [0.4, 0.5) is 0 Å². The molecule has 0 spiro atoms. The molecule has 0 aromatic carbocycles. The van der Waals surface area contributed by atoms with E-state index in [1.807, 2.05) is 12.1 Å². The van der Waals surface area contributed by atoms with Crippen molar-refractivity contribution in [1.82, 2.24) is 5.32 Å². The van der Waals surface area contributed by atoms with Gasteiger partial charge >= 0.3 is 5.97 Å². The lowest BCUT2D eigenvalue weighted by atomic mass is 9.77. The molecule has 1 unspecified atom stereocenters. The number of hydrogen-bond acceptors (Lipinski definition) is 4. The molecular formula is C10H12BrNO3S. The Morgan fingerprint density at radius 1 is 1.69 bits per heavy atom. The molecule has 1 fully saturated rings. The molecule has 1 saturated heterocycles. The van der Waals surface area contributed by atoms with Gasteiger partial charge in [-0.25, -0.2) is 0 Å². The van der Waals surface area contributed by atoms with Crippen LogP contribution in [0.2, 0.25) is 0 Å². The van der Waals surface area contributed by atoms with Crippen LogP contribution in [-0.4, -0.2) is 31.3 Å². The molecule has 1 aromatic rings. The van der Waals surface area contributed by atoms with Crippen molar-refractivity contribution in [3.63, 3.8) is 0 Å². The molecule has 4 nitrogen and oxygen atoms in total. The van der Waals surface area contributed by atoms with Crippen molar-refractivity contribution in [2.24, 2.45) is 5.41 Å². The molecule has 2 rings (SSSR count). The minimum absolute atomic E-state index is 0.199. The van der Waals surface area contributed by atoms with Gasteiger partial charge in [0.1, 0.15) is 5.41 Å². The number of thiophene rings is 1. The van der Waals surface area contributed by atoms with Crippen molar-refractivity contribution >= 4 is 33.2 Å². The Balaban J connectivity index is 2.31. The highest BCUT2D eigenvalue weighted by Crippen LogP contribution is 2.43. The molecule has 0 radical (unpaired) electrons. The van der Waals surface area contributed by atoms with Gasteiger partial charge in [-0.05, 0) is 35.1 Å². The first-order valence-electron chi connectivity index (χ1n) is 4.84. The molecule has 0 aliphatic carbocycles. The van der Waals surface area contributed by atoms with Crippen LogP contribution in [0.25, 0.3) is 0 Å². The number of ether oxygens (including phenoxy) is 1. The number of halogens is 1. The highest BCUT2D eigenvalue weighted by Gasteiger charge is 2.53. The van der Waals surface area contributed by atoms with E-state index in [0.717, 1.165) is 8.66 Å². The Morgan fingerprint density at radius 2 is 2.38 bits per heavy atom. The molecule has 0 saturated carbocycles. The van der Waals surface area contributed by atoms with Crippen LogP contribution in [-0.2, 0) is 9.53 Å². The molecule has 6 heteroatoms. The lowest BCUT2D eigenvalue weighted by Gasteiger charge is -2.42. The summed E-state index contributed by atoms with van der Waals surface area (Å²) in [5.74, 6) is -0.803. The normalized spacial score (nSPS) is 20.1. The predicted octanol–water partition coefficient (Wildman–Crippen LogP) is 1.87. The van der Waals surface area contributed by atoms with E-state index in [9.17, 15) is 9.90 Å². The predicted molar refractivity (Wildman–Crippen MR) is 64.7 cm³/mol. The zero-order valence-electron chi connectivity index (χ0n) is 8.70. The average Bonchev–Trinajstić information content (AvgIpc) is 2.56. The summed E-state index contributed by atoms with van der Waals surface area (Å²) in [6, 6.07) is 3.67. The first-order valence-corrected chi connectivity index (χ1v) is 6.45. The summed E-state index contributed by atoms with van der Waals surface area (Å²) >= 11 is 4.93. The van der Waals surface area contributed by atoms with Gasteiger partial charge < -0.3 is 15.2 Å². The number of hydrogen-bond donors (Lipinski definition) is 2. The van der Waals surface area contributed by atoms with Gasteiger partial charge in [0.05, 0.1) is 23.0 Å². The molecule has 0 amide bonds. The highest BCUT2D eigenvalue weighted by atomic mass is 79.9. The SMILES string of the molecule is CNC(c1ccc(Br)s1)C1(C(=O)O)COC1. The largest absolute Gasteiger partial charge is 0.481 e. The summed E-state index contributed by atoms with van der Waals surface area (Å²) in [6.45, 7) is 0.534. The Kier molecular flexibility index (Phi) is 3.34. The number of rotatable bonds is 4. The molecule has 2 heterocycles. The van der Waals surface area contributed by atoms with Crippen molar-refractivity contribution in [2.45, 2.75) is 6.04 Å². The van der Waals surface area contributed by atoms with Crippen LogP contribution in [0.1, 0.15) is 10.9 Å². The summed E-state index contributed by atoms with van der Waals surface area (Å²) in [4.78, 5) is 12.4. The van der Waals surface area contributed by atoms with E-state index in [1.54, 1.807) is 18.4 Å². The summed E-state index contributed by atoms with van der Waals surface area (Å²) < 4.78 is 6.09. The Labute approximate surface area is 106 Å². The van der Waals surface area contributed by atoms with Gasteiger partial charge in [-0.3, -0.25) is 4.79 Å². The monoisotopic (exact) mass is 305 g/mol. The number of aliphatic carboxylic acids is 1. The summed E-state index contributed by atoms with van der Waals surface area (Å²) in [5, 5.41) is 12.4. The van der Waals surface area contributed by atoms with Gasteiger partial charge in [-0.15, -0.1) is 11.3 Å². The average molecular weight is 306 g/mol. The Hall–Kier alpha value is -0.430. The third kappa shape index (κ3) is 1.79. The van der Waals surface area contributed by atoms with Crippen molar-refractivity contribution < 1.29 is 14.6 Å². The maximum Gasteiger partial charge on any atom is 0.316 e. The second-order valence-corrected chi connectivity index (χ2v) is 6.31. The van der Waals surface area contributed by atoms with E-state index in [2.05, 4.69) is 21.2 Å². The minimum atomic E-state index is -0.820. The second kappa shape index (κ2) is 4.44. The summed E-state index contributed by atoms with van der Waals surface area (Å²) in [5.41, 5.74) is -0.820. The van der Waals surface area contributed by atoms with Crippen molar-refractivity contribution in [3.05, 3.63) is 20.8 Å². The first-order chi connectivity index (χ1) is 7.60. The van der Waals surface area contributed by atoms with Crippen molar-refractivity contribution in [1.29, 1.82) is 0 Å². The molecule has 1 aliphatic heterocycles. The van der Waals surface area contributed by atoms with Crippen LogP contribution in [0.5, 0.6) is 0 Å². The third-order valence-corrected chi connectivity index (χ3v) is 4.55. The van der Waals surface area contributed by atoms with E-state index >= 15 is 0 Å². The van der Waals surface area contributed by atoms with Crippen LogP contribution < -0.4 is 5.32 Å². The molecular weight excluding hydrogens is 294 g/mol. The van der Waals surface area contributed by atoms with Crippen LogP contribution in [0.15, 0.2) is 15.9 Å². The van der Waals surface area contributed by atoms with Gasteiger partial charge in [-0.1, -0.05) is 0 Å². The van der Waals surface area contributed by atoms with Gasteiger partial charge in [-0.2, -0.15) is 0 Å². The summed E-state index contributed by atoms with van der Waals surface area (Å²) in [6.07, 6.45) is 0. The van der Waals surface area contributed by atoms with E-state index in [1.165, 1.54) is 0 Å². The number of carboxylic acids is 1. The van der Waals surface area contributed by atoms with Gasteiger partial charge in [0.2, 0.25) is 0 Å². The van der Waals surface area contributed by atoms with Crippen molar-refractivity contribution in [3.8, 4) is 0 Å². The lowest BCUT2D eigenvalue weighted by Crippen LogP contribution is -2.56. The fraction of sp³-hybridized carbons (Fsp3) is 0.500. The van der Waals surface area contributed by atoms with E-state index in [4.69, 9.17) is 4.74 Å². The van der Waals surface area contributed by atoms with Gasteiger partial charge in [0.15, 0.2) is 0 Å². The highest BCUT2D eigenvalue weighted by molar-refractivity contribution is 9.11. The maximum absolute atomic E-state index is 11.4. The fourth-order valence-corrected chi connectivity index (χ4v) is 3.56. The molecule has 2 N–H and O–H groups in total. The van der Waals surface area contributed by atoms with E-state index < -0.39 is 11.4 Å². The molecule has 16 heavy (non-hydrogen) atoms. The number of nitrogens with one attached hydrogen (secondary N) is 1. The topological polar surface area (TPSA) is 58.6 Å². The zero-order chi connectivity index (χ0) is 11.8. The van der Waals surface area contributed by atoms with E-state index in [-0.39, 0.29) is 19.3 Å². The molecule has 88 valence electrons. The Bertz CT molecular complexity index is 403. The standard InChI is InChI=1S/C10H12BrNO3S/c1-12-8(6-2-3-7(11)16-6)10(9(13)14)4-15-5-10/h2-3,8,12H,4-5H2,1H3,(H,13,14). The quantitative estimate of drug-likeness (QED) is 0.891. The summed E-state index contributed by atoms with van der Waals surface area (Å²) in [7, 11) is 1.78. The van der Waals surface area contributed by atoms with Crippen LogP contribution in [0.3, 0.4) is 0 Å². The smallest absolute Gasteiger partial charge is 0.316 e. The molecule has 1 aliphatic rings. The maximum atomic E-state index is 11.4. The molecule has 1 atom stereocenters.